The Kier molecular flexibility index (Phi) is 6.87. The van der Waals surface area contributed by atoms with Gasteiger partial charge in [0.2, 0.25) is 0 Å². The molecule has 0 saturated heterocycles. The quantitative estimate of drug-likeness (QED) is 0.689. The van der Waals surface area contributed by atoms with Crippen LogP contribution < -0.4 is 20.9 Å². The van der Waals surface area contributed by atoms with Crippen LogP contribution in [0.1, 0.15) is 38.1 Å². The number of benzene rings is 2. The average molecular weight is 399 g/mol. The lowest BCUT2D eigenvalue weighted by Gasteiger charge is -2.32. The Bertz CT molecular complexity index is 872. The van der Waals surface area contributed by atoms with Gasteiger partial charge >= 0.3 is 0 Å². The van der Waals surface area contributed by atoms with Gasteiger partial charge in [-0.3, -0.25) is 4.79 Å². The van der Waals surface area contributed by atoms with Crippen molar-refractivity contribution >= 4 is 17.6 Å². The zero-order valence-electron chi connectivity index (χ0n) is 17.3. The molecule has 0 spiro atoms. The van der Waals surface area contributed by atoms with E-state index in [0.29, 0.717) is 0 Å². The van der Waals surface area contributed by atoms with Gasteiger partial charge in [-0.2, -0.15) is 0 Å². The Morgan fingerprint density at radius 3 is 2.14 bits per heavy atom. The van der Waals surface area contributed by atoms with E-state index in [1.54, 1.807) is 53.0 Å². The van der Waals surface area contributed by atoms with Gasteiger partial charge in [0.15, 0.2) is 0 Å². The minimum Gasteiger partial charge on any atom is -0.548 e. The van der Waals surface area contributed by atoms with Crippen molar-refractivity contribution in [2.45, 2.75) is 45.4 Å². The van der Waals surface area contributed by atoms with Crippen molar-refractivity contribution < 1.29 is 24.2 Å². The van der Waals surface area contributed by atoms with Gasteiger partial charge in [0.1, 0.15) is 5.75 Å². The first-order valence-corrected chi connectivity index (χ1v) is 9.25. The summed E-state index contributed by atoms with van der Waals surface area (Å²) in [4.78, 5) is 24.2. The van der Waals surface area contributed by atoms with E-state index in [4.69, 9.17) is 15.2 Å². The molecule has 0 saturated carbocycles. The van der Waals surface area contributed by atoms with Crippen molar-refractivity contribution in [2.24, 2.45) is 0 Å². The number of amides is 1. The number of nitrogens with two attached hydrogens (primary N) is 1. The standard InChI is InChI=1S/C22H28N2O5/c1-13(29-22(2,3)4)19(21(26)27)24-20(25)17-11-8-15(12-18(17)23)14-6-9-16(28-5)10-7-14/h6-13,19H,23H2,1-5H3,(H,24,25)(H,26,27)/p-1/t13-,19+/m1/s1. The second-order valence-electron chi connectivity index (χ2n) is 7.74. The van der Waals surface area contributed by atoms with Crippen LogP contribution in [-0.4, -0.2) is 36.7 Å². The van der Waals surface area contributed by atoms with Crippen molar-refractivity contribution in [2.75, 3.05) is 12.8 Å². The van der Waals surface area contributed by atoms with Crippen molar-refractivity contribution in [1.82, 2.24) is 5.32 Å². The topological polar surface area (TPSA) is 114 Å². The van der Waals surface area contributed by atoms with Gasteiger partial charge in [-0.15, -0.1) is 0 Å². The lowest BCUT2D eigenvalue weighted by molar-refractivity contribution is -0.311. The molecular formula is C22H27N2O5-. The molecule has 2 aromatic rings. The molecule has 0 aromatic heterocycles. The van der Waals surface area contributed by atoms with Gasteiger partial charge in [-0.1, -0.05) is 18.2 Å². The molecule has 0 bridgehead atoms. The predicted molar refractivity (Wildman–Crippen MR) is 109 cm³/mol. The molecule has 0 aliphatic heterocycles. The van der Waals surface area contributed by atoms with Gasteiger partial charge in [-0.05, 0) is 63.1 Å². The number of ether oxygens (including phenoxy) is 2. The van der Waals surface area contributed by atoms with Gasteiger partial charge < -0.3 is 30.4 Å². The maximum Gasteiger partial charge on any atom is 0.253 e. The summed E-state index contributed by atoms with van der Waals surface area (Å²) < 4.78 is 10.8. The summed E-state index contributed by atoms with van der Waals surface area (Å²) in [6.45, 7) is 6.97. The second kappa shape index (κ2) is 8.96. The van der Waals surface area contributed by atoms with Crippen molar-refractivity contribution in [1.29, 1.82) is 0 Å². The molecule has 2 aromatic carbocycles. The van der Waals surface area contributed by atoms with Crippen molar-refractivity contribution in [3.05, 3.63) is 48.0 Å². The van der Waals surface area contributed by atoms with Crippen molar-refractivity contribution in [3.63, 3.8) is 0 Å². The summed E-state index contributed by atoms with van der Waals surface area (Å²) in [7, 11) is 1.59. The molecule has 7 heteroatoms. The molecule has 2 atom stereocenters. The minimum atomic E-state index is -1.43. The molecule has 0 radical (unpaired) electrons. The Hall–Kier alpha value is -3.06. The SMILES string of the molecule is COc1ccc(-c2ccc(C(=O)N[C@H](C(=O)[O-])[C@@H](C)OC(C)(C)C)c(N)c2)cc1. The monoisotopic (exact) mass is 399 g/mol. The smallest absolute Gasteiger partial charge is 0.253 e. The number of methoxy groups -OCH3 is 1. The number of aliphatic carboxylic acids is 1. The first kappa shape index (κ1) is 22.2. The van der Waals surface area contributed by atoms with E-state index in [2.05, 4.69) is 5.32 Å². The summed E-state index contributed by atoms with van der Waals surface area (Å²) >= 11 is 0. The molecule has 0 unspecified atom stereocenters. The van der Waals surface area contributed by atoms with Crippen molar-refractivity contribution in [3.8, 4) is 16.9 Å². The molecule has 3 N–H and O–H groups in total. The fraction of sp³-hybridized carbons (Fsp3) is 0.364. The predicted octanol–water partition coefficient (Wildman–Crippen LogP) is 2.00. The third-order valence-corrected chi connectivity index (χ3v) is 4.27. The van der Waals surface area contributed by atoms with Gasteiger partial charge in [0.25, 0.3) is 5.91 Å². The summed E-state index contributed by atoms with van der Waals surface area (Å²) in [5.74, 6) is -1.30. The van der Waals surface area contributed by atoms with E-state index < -0.39 is 29.6 Å². The third kappa shape index (κ3) is 5.96. The summed E-state index contributed by atoms with van der Waals surface area (Å²) in [5.41, 5.74) is 7.63. The molecule has 0 aliphatic carbocycles. The molecule has 7 nitrogen and oxygen atoms in total. The minimum absolute atomic E-state index is 0.177. The number of hydrogen-bond donors (Lipinski definition) is 2. The number of carboxylic acid groups (broad SMARTS) is 1. The number of anilines is 1. The lowest BCUT2D eigenvalue weighted by Crippen LogP contribution is -2.55. The Labute approximate surface area is 170 Å². The first-order valence-electron chi connectivity index (χ1n) is 9.25. The Morgan fingerprint density at radius 2 is 1.66 bits per heavy atom. The van der Waals surface area contributed by atoms with Gasteiger partial charge in [-0.25, -0.2) is 0 Å². The van der Waals surface area contributed by atoms with Gasteiger partial charge in [0.05, 0.1) is 36.4 Å². The highest BCUT2D eigenvalue weighted by Gasteiger charge is 2.26. The number of carboxylic acids is 1. The van der Waals surface area contributed by atoms with Crippen LogP contribution in [0.2, 0.25) is 0 Å². The number of carbonyl (C=O) groups excluding carboxylic acids is 2. The number of hydrogen-bond acceptors (Lipinski definition) is 6. The van der Waals surface area contributed by atoms with Crippen LogP contribution in [-0.2, 0) is 9.53 Å². The normalized spacial score (nSPS) is 13.4. The molecule has 156 valence electrons. The highest BCUT2D eigenvalue weighted by Crippen LogP contribution is 2.26. The lowest BCUT2D eigenvalue weighted by atomic mass is 10.0. The Balaban J connectivity index is 2.20. The van der Waals surface area contributed by atoms with Crippen LogP contribution in [0.15, 0.2) is 42.5 Å². The highest BCUT2D eigenvalue weighted by molar-refractivity contribution is 6.01. The molecule has 0 aliphatic rings. The van der Waals surface area contributed by atoms with Crippen LogP contribution in [0.3, 0.4) is 0 Å². The number of carbonyl (C=O) groups is 2. The number of nitrogens with one attached hydrogen (secondary N) is 1. The summed E-state index contributed by atoms with van der Waals surface area (Å²) in [5, 5.41) is 14.0. The van der Waals surface area contributed by atoms with E-state index in [-0.39, 0.29) is 11.3 Å². The zero-order valence-corrected chi connectivity index (χ0v) is 17.3. The first-order chi connectivity index (χ1) is 13.5. The van der Waals surface area contributed by atoms with Gasteiger partial charge in [0, 0.05) is 5.69 Å². The van der Waals surface area contributed by atoms with Crippen LogP contribution in [0, 0.1) is 0 Å². The number of rotatable bonds is 7. The number of nitrogen functional groups attached to an aromatic ring is 1. The fourth-order valence-electron chi connectivity index (χ4n) is 2.95. The summed E-state index contributed by atoms with van der Waals surface area (Å²) in [6.07, 6.45) is -0.788. The van der Waals surface area contributed by atoms with E-state index in [9.17, 15) is 14.7 Å². The van der Waals surface area contributed by atoms with E-state index in [1.165, 1.54) is 0 Å². The van der Waals surface area contributed by atoms with Crippen LogP contribution in [0.5, 0.6) is 5.75 Å². The molecule has 0 fully saturated rings. The molecule has 1 amide bonds. The fourth-order valence-corrected chi connectivity index (χ4v) is 2.95. The average Bonchev–Trinajstić information content (AvgIpc) is 2.64. The highest BCUT2D eigenvalue weighted by atomic mass is 16.5. The summed E-state index contributed by atoms with van der Waals surface area (Å²) in [6, 6.07) is 11.1. The van der Waals surface area contributed by atoms with Crippen LogP contribution in [0.25, 0.3) is 11.1 Å². The van der Waals surface area contributed by atoms with Crippen LogP contribution >= 0.6 is 0 Å². The maximum absolute atomic E-state index is 12.6. The molecule has 0 heterocycles. The zero-order chi connectivity index (χ0) is 21.8. The van der Waals surface area contributed by atoms with Crippen LogP contribution in [0.4, 0.5) is 5.69 Å². The van der Waals surface area contributed by atoms with E-state index in [0.717, 1.165) is 16.9 Å². The van der Waals surface area contributed by atoms with E-state index >= 15 is 0 Å². The molecular weight excluding hydrogens is 372 g/mol. The Morgan fingerprint density at radius 1 is 1.07 bits per heavy atom. The van der Waals surface area contributed by atoms with E-state index in [1.807, 2.05) is 24.3 Å². The second-order valence-corrected chi connectivity index (χ2v) is 7.74. The maximum atomic E-state index is 12.6. The molecule has 2 rings (SSSR count). The largest absolute Gasteiger partial charge is 0.548 e. The third-order valence-electron chi connectivity index (χ3n) is 4.27. The molecule has 29 heavy (non-hydrogen) atoms.